The third kappa shape index (κ3) is 5.43. The number of aromatic nitrogens is 1. The van der Waals surface area contributed by atoms with Crippen LogP contribution in [-0.4, -0.2) is 24.7 Å². The maximum absolute atomic E-state index is 13.1. The molecule has 0 spiro atoms. The molecule has 3 N–H and O–H groups in total. The molecule has 5 nitrogen and oxygen atoms in total. The van der Waals surface area contributed by atoms with Crippen LogP contribution in [-0.2, 0) is 6.18 Å². The first-order chi connectivity index (χ1) is 15.2. The van der Waals surface area contributed by atoms with Gasteiger partial charge in [-0.1, -0.05) is 12.5 Å². The summed E-state index contributed by atoms with van der Waals surface area (Å²) in [5.74, 6) is 0.801. The van der Waals surface area contributed by atoms with Gasteiger partial charge in [0.2, 0.25) is 0 Å². The Morgan fingerprint density at radius 2 is 1.94 bits per heavy atom. The molecule has 0 fully saturated rings. The van der Waals surface area contributed by atoms with E-state index in [0.717, 1.165) is 42.6 Å². The van der Waals surface area contributed by atoms with E-state index in [2.05, 4.69) is 17.2 Å². The van der Waals surface area contributed by atoms with Crippen LogP contribution < -0.4 is 20.5 Å². The van der Waals surface area contributed by atoms with Crippen molar-refractivity contribution in [3.8, 4) is 17.2 Å². The molecule has 3 aromatic rings. The van der Waals surface area contributed by atoms with Gasteiger partial charge in [-0.3, -0.25) is 4.98 Å². The van der Waals surface area contributed by atoms with E-state index in [1.54, 1.807) is 12.3 Å². The number of nitrogens with zero attached hydrogens (tertiary/aromatic N) is 1. The molecule has 0 aliphatic carbocycles. The van der Waals surface area contributed by atoms with Crippen molar-refractivity contribution >= 4 is 16.6 Å². The lowest BCUT2D eigenvalue weighted by molar-refractivity contribution is -0.137. The number of nitrogens with two attached hydrogens (primary N) is 1. The predicted octanol–water partition coefficient (Wildman–Crippen LogP) is 6.29. The Morgan fingerprint density at radius 1 is 1.16 bits per heavy atom. The van der Waals surface area contributed by atoms with Crippen molar-refractivity contribution in [2.45, 2.75) is 45.3 Å². The largest absolute Gasteiger partial charge is 0.493 e. The zero-order chi connectivity index (χ0) is 23.3. The van der Waals surface area contributed by atoms with E-state index in [4.69, 9.17) is 15.2 Å². The Bertz CT molecular complexity index is 1070. The van der Waals surface area contributed by atoms with Gasteiger partial charge in [0.05, 0.1) is 29.3 Å². The SMILES string of the molecule is COc1cc(NC(C)CCCCN)c2nccc(C)c2c1Oc1cccc(C(F)(F)F)c1. The van der Waals surface area contributed by atoms with Gasteiger partial charge < -0.3 is 20.5 Å². The number of hydrogen-bond donors (Lipinski definition) is 2. The van der Waals surface area contributed by atoms with Gasteiger partial charge in [0.1, 0.15) is 5.75 Å². The molecule has 1 heterocycles. The quantitative estimate of drug-likeness (QED) is 0.377. The molecule has 0 saturated heterocycles. The van der Waals surface area contributed by atoms with Crippen molar-refractivity contribution in [1.29, 1.82) is 0 Å². The van der Waals surface area contributed by atoms with Crippen molar-refractivity contribution in [3.63, 3.8) is 0 Å². The molecule has 1 unspecified atom stereocenters. The highest BCUT2D eigenvalue weighted by Crippen LogP contribution is 2.44. The van der Waals surface area contributed by atoms with E-state index in [1.807, 2.05) is 13.0 Å². The smallest absolute Gasteiger partial charge is 0.416 e. The van der Waals surface area contributed by atoms with E-state index < -0.39 is 11.7 Å². The van der Waals surface area contributed by atoms with Gasteiger partial charge in [-0.05, 0) is 63.1 Å². The first-order valence-electron chi connectivity index (χ1n) is 10.5. The van der Waals surface area contributed by atoms with Crippen molar-refractivity contribution < 1.29 is 22.6 Å². The van der Waals surface area contributed by atoms with Gasteiger partial charge in [-0.15, -0.1) is 0 Å². The number of nitrogens with one attached hydrogen (secondary N) is 1. The molecule has 0 amide bonds. The molecule has 2 aromatic carbocycles. The molecule has 0 saturated carbocycles. The van der Waals surface area contributed by atoms with Crippen molar-refractivity contribution in [2.24, 2.45) is 5.73 Å². The molecule has 0 bridgehead atoms. The highest BCUT2D eigenvalue weighted by molar-refractivity contribution is 5.99. The number of aryl methyl sites for hydroxylation is 1. The lowest BCUT2D eigenvalue weighted by Crippen LogP contribution is -2.16. The monoisotopic (exact) mass is 447 g/mol. The number of fused-ring (bicyclic) bond motifs is 1. The summed E-state index contributed by atoms with van der Waals surface area (Å²) in [7, 11) is 1.50. The number of methoxy groups -OCH3 is 1. The molecule has 0 aliphatic heterocycles. The minimum atomic E-state index is -4.46. The highest BCUT2D eigenvalue weighted by atomic mass is 19.4. The van der Waals surface area contributed by atoms with Gasteiger partial charge in [-0.2, -0.15) is 13.2 Å². The lowest BCUT2D eigenvalue weighted by Gasteiger charge is -2.21. The lowest BCUT2D eigenvalue weighted by atomic mass is 10.1. The van der Waals surface area contributed by atoms with Gasteiger partial charge in [0, 0.05) is 18.3 Å². The van der Waals surface area contributed by atoms with Crippen LogP contribution in [0, 0.1) is 6.92 Å². The zero-order valence-electron chi connectivity index (χ0n) is 18.4. The van der Waals surface area contributed by atoms with Crippen molar-refractivity contribution in [2.75, 3.05) is 19.0 Å². The maximum atomic E-state index is 13.1. The summed E-state index contributed by atoms with van der Waals surface area (Å²) >= 11 is 0. The number of unbranched alkanes of at least 4 members (excludes halogenated alkanes) is 1. The molecule has 3 rings (SSSR count). The topological polar surface area (TPSA) is 69.4 Å². The van der Waals surface area contributed by atoms with E-state index in [-0.39, 0.29) is 11.8 Å². The van der Waals surface area contributed by atoms with Crippen LogP contribution in [0.15, 0.2) is 42.6 Å². The second-order valence-electron chi connectivity index (χ2n) is 7.76. The standard InChI is InChI=1S/C24H28F3N3O2/c1-15-10-12-29-22-19(30-16(2)7-4-5-11-28)14-20(31-3)23(21(15)22)32-18-9-6-8-17(13-18)24(25,26)27/h6,8-10,12-14,16,30H,4-5,7,11,28H2,1-3H3. The van der Waals surface area contributed by atoms with Crippen LogP contribution in [0.25, 0.3) is 10.9 Å². The van der Waals surface area contributed by atoms with Crippen molar-refractivity contribution in [3.05, 3.63) is 53.7 Å². The number of anilines is 1. The number of rotatable bonds is 9. The van der Waals surface area contributed by atoms with Gasteiger partial charge in [-0.25, -0.2) is 0 Å². The van der Waals surface area contributed by atoms with Crippen molar-refractivity contribution in [1.82, 2.24) is 4.98 Å². The molecule has 0 radical (unpaired) electrons. The van der Waals surface area contributed by atoms with Crippen LogP contribution in [0.2, 0.25) is 0 Å². The highest BCUT2D eigenvalue weighted by Gasteiger charge is 2.31. The minimum absolute atomic E-state index is 0.0681. The second kappa shape index (κ2) is 10.1. The molecule has 172 valence electrons. The second-order valence-corrected chi connectivity index (χ2v) is 7.76. The summed E-state index contributed by atoms with van der Waals surface area (Å²) in [5, 5.41) is 4.16. The summed E-state index contributed by atoms with van der Waals surface area (Å²) in [4.78, 5) is 4.53. The van der Waals surface area contributed by atoms with Crippen LogP contribution in [0.4, 0.5) is 18.9 Å². The van der Waals surface area contributed by atoms with Gasteiger partial charge in [0.25, 0.3) is 0 Å². The fourth-order valence-corrected chi connectivity index (χ4v) is 3.59. The minimum Gasteiger partial charge on any atom is -0.493 e. The van der Waals surface area contributed by atoms with Crippen LogP contribution in [0.3, 0.4) is 0 Å². The van der Waals surface area contributed by atoms with Crippen LogP contribution in [0.1, 0.15) is 37.3 Å². The number of pyridine rings is 1. The first-order valence-corrected chi connectivity index (χ1v) is 10.5. The van der Waals surface area contributed by atoms with Crippen LogP contribution >= 0.6 is 0 Å². The number of halogens is 3. The van der Waals surface area contributed by atoms with E-state index in [1.165, 1.54) is 19.2 Å². The fourth-order valence-electron chi connectivity index (χ4n) is 3.59. The third-order valence-corrected chi connectivity index (χ3v) is 5.24. The molecule has 1 atom stereocenters. The zero-order valence-corrected chi connectivity index (χ0v) is 18.4. The van der Waals surface area contributed by atoms with E-state index in [9.17, 15) is 13.2 Å². The molecular weight excluding hydrogens is 419 g/mol. The summed E-state index contributed by atoms with van der Waals surface area (Å²) in [5.41, 5.74) is 7.12. The number of ether oxygens (including phenoxy) is 2. The summed E-state index contributed by atoms with van der Waals surface area (Å²) in [6.45, 7) is 4.64. The Balaban J connectivity index is 2.04. The number of hydrogen-bond acceptors (Lipinski definition) is 5. The molecule has 1 aromatic heterocycles. The average Bonchev–Trinajstić information content (AvgIpc) is 2.75. The average molecular weight is 448 g/mol. The molecule has 32 heavy (non-hydrogen) atoms. The Kier molecular flexibility index (Phi) is 7.45. The summed E-state index contributed by atoms with van der Waals surface area (Å²) in [6, 6.07) is 8.56. The Labute approximate surface area is 185 Å². The normalized spacial score (nSPS) is 12.6. The summed E-state index contributed by atoms with van der Waals surface area (Å²) in [6.07, 6.45) is 0.134. The molecular formula is C24H28F3N3O2. The third-order valence-electron chi connectivity index (χ3n) is 5.24. The first kappa shape index (κ1) is 23.7. The van der Waals surface area contributed by atoms with Gasteiger partial charge in [0.15, 0.2) is 11.5 Å². The Morgan fingerprint density at radius 3 is 2.62 bits per heavy atom. The number of benzene rings is 2. The fraction of sp³-hybridized carbons (Fsp3) is 0.375. The number of alkyl halides is 3. The van der Waals surface area contributed by atoms with Gasteiger partial charge >= 0.3 is 6.18 Å². The van der Waals surface area contributed by atoms with E-state index in [0.29, 0.717) is 28.9 Å². The molecule has 8 heteroatoms. The predicted molar refractivity (Wildman–Crippen MR) is 121 cm³/mol. The van der Waals surface area contributed by atoms with E-state index >= 15 is 0 Å². The Hall–Kier alpha value is -3.00. The van der Waals surface area contributed by atoms with Crippen LogP contribution in [0.5, 0.6) is 17.2 Å². The summed E-state index contributed by atoms with van der Waals surface area (Å²) < 4.78 is 51.0. The molecule has 0 aliphatic rings. The maximum Gasteiger partial charge on any atom is 0.416 e.